The molecule has 1 fully saturated rings. The van der Waals surface area contributed by atoms with E-state index in [1.54, 1.807) is 28.7 Å². The number of amides is 1. The number of aryl methyl sites for hydroxylation is 1. The second-order valence-electron chi connectivity index (χ2n) is 8.10. The number of nitrogens with one attached hydrogen (secondary N) is 2. The van der Waals surface area contributed by atoms with Gasteiger partial charge in [0.15, 0.2) is 0 Å². The molecule has 0 radical (unpaired) electrons. The Morgan fingerprint density at radius 2 is 2.29 bits per heavy atom. The maximum absolute atomic E-state index is 13.0. The average molecular weight is 480 g/mol. The molecular weight excluding hydrogens is 458 g/mol. The minimum Gasteiger partial charge on any atom is -0.467 e. The van der Waals surface area contributed by atoms with Gasteiger partial charge in [-0.1, -0.05) is 6.07 Å². The van der Waals surface area contributed by atoms with Crippen molar-refractivity contribution >= 4 is 29.4 Å². The van der Waals surface area contributed by atoms with Crippen molar-refractivity contribution in [2.75, 3.05) is 25.1 Å². The number of aromatic amines is 1. The molecule has 11 nitrogen and oxygen atoms in total. The molecule has 0 saturated carbocycles. The van der Waals surface area contributed by atoms with Gasteiger partial charge in [0.2, 0.25) is 0 Å². The molecule has 0 bridgehead atoms. The molecule has 12 heteroatoms. The third-order valence-electron chi connectivity index (χ3n) is 5.49. The van der Waals surface area contributed by atoms with Gasteiger partial charge in [0.1, 0.15) is 23.0 Å². The first-order chi connectivity index (χ1) is 16.6. The summed E-state index contributed by atoms with van der Waals surface area (Å²) in [6.45, 7) is 3.92. The van der Waals surface area contributed by atoms with Crippen LogP contribution in [0, 0.1) is 12.3 Å². The number of ether oxygens (including phenoxy) is 2. The zero-order chi connectivity index (χ0) is 23.5. The van der Waals surface area contributed by atoms with Crippen molar-refractivity contribution in [3.8, 4) is 22.0 Å². The number of rotatable bonds is 9. The summed E-state index contributed by atoms with van der Waals surface area (Å²) in [6, 6.07) is 5.49. The number of aromatic nitrogens is 6. The third kappa shape index (κ3) is 4.32. The van der Waals surface area contributed by atoms with Gasteiger partial charge in [0, 0.05) is 23.5 Å². The second kappa shape index (κ2) is 9.15. The van der Waals surface area contributed by atoms with Gasteiger partial charge in [-0.3, -0.25) is 24.4 Å². The van der Waals surface area contributed by atoms with Crippen LogP contribution in [0.1, 0.15) is 16.2 Å². The monoisotopic (exact) mass is 479 g/mol. The lowest BCUT2D eigenvalue weighted by molar-refractivity contribution is -0.164. The molecule has 1 aliphatic heterocycles. The summed E-state index contributed by atoms with van der Waals surface area (Å²) >= 11 is 1.37. The molecule has 0 aromatic carbocycles. The number of carbonyl (C=O) groups excluding carboxylic acids is 2. The molecule has 1 aliphatic rings. The Labute approximate surface area is 198 Å². The van der Waals surface area contributed by atoms with Gasteiger partial charge in [-0.05, 0) is 19.1 Å². The molecule has 1 amide bonds. The average Bonchev–Trinajstić information content (AvgIpc) is 3.56. The number of thiazole rings is 1. The fraction of sp³-hybridized carbons (Fsp3) is 0.273. The predicted octanol–water partition coefficient (Wildman–Crippen LogP) is 2.54. The van der Waals surface area contributed by atoms with Crippen LogP contribution in [0.15, 0.2) is 42.2 Å². The first kappa shape index (κ1) is 21.9. The zero-order valence-corrected chi connectivity index (χ0v) is 19.0. The van der Waals surface area contributed by atoms with E-state index in [2.05, 4.69) is 30.6 Å². The van der Waals surface area contributed by atoms with E-state index in [-0.39, 0.29) is 17.9 Å². The Morgan fingerprint density at radius 1 is 1.41 bits per heavy atom. The third-order valence-corrected chi connectivity index (χ3v) is 6.36. The summed E-state index contributed by atoms with van der Waals surface area (Å²) in [5, 5.41) is 16.9. The summed E-state index contributed by atoms with van der Waals surface area (Å²) in [7, 11) is 0. The van der Waals surface area contributed by atoms with Crippen molar-refractivity contribution in [3.63, 3.8) is 0 Å². The number of hydrogen-bond acceptors (Lipinski definition) is 9. The molecule has 0 aliphatic carbocycles. The Bertz CT molecular complexity index is 1310. The Kier molecular flexibility index (Phi) is 5.90. The SMILES string of the molecule is Cc1[nH]ncc1-c1nc(C(=O)Nc2cn(CC3(COC=O)COC3)nc2-c2ccccn2)cs1. The van der Waals surface area contributed by atoms with E-state index in [1.807, 2.05) is 25.1 Å². The van der Waals surface area contributed by atoms with E-state index in [4.69, 9.17) is 9.47 Å². The molecule has 34 heavy (non-hydrogen) atoms. The quantitative estimate of drug-likeness (QED) is 0.350. The Hall–Kier alpha value is -3.90. The van der Waals surface area contributed by atoms with Crippen molar-refractivity contribution in [1.82, 2.24) is 29.9 Å². The van der Waals surface area contributed by atoms with Crippen LogP contribution >= 0.6 is 11.3 Å². The second-order valence-corrected chi connectivity index (χ2v) is 8.96. The standard InChI is InChI=1S/C22H21N7O4S/c1-14-15(6-24-27-14)21-26-18(8-34-21)20(31)25-17-7-29(9-22(10-32-11-22)12-33-13-30)28-19(17)16-4-2-3-5-23-16/h2-8,13H,9-12H2,1H3,(H,24,27)(H,25,31). The van der Waals surface area contributed by atoms with Gasteiger partial charge in [0.25, 0.3) is 12.4 Å². The van der Waals surface area contributed by atoms with Crippen LogP contribution in [-0.2, 0) is 20.8 Å². The van der Waals surface area contributed by atoms with Crippen LogP contribution in [0.2, 0.25) is 0 Å². The van der Waals surface area contributed by atoms with Gasteiger partial charge in [0.05, 0.1) is 48.3 Å². The highest BCUT2D eigenvalue weighted by Crippen LogP contribution is 2.32. The minimum atomic E-state index is -0.359. The first-order valence-corrected chi connectivity index (χ1v) is 11.3. The summed E-state index contributed by atoms with van der Waals surface area (Å²) in [5.74, 6) is -0.355. The van der Waals surface area contributed by atoms with Crippen molar-refractivity contribution in [2.24, 2.45) is 5.41 Å². The van der Waals surface area contributed by atoms with E-state index >= 15 is 0 Å². The smallest absolute Gasteiger partial charge is 0.293 e. The molecule has 1 saturated heterocycles. The van der Waals surface area contributed by atoms with Crippen LogP contribution in [0.4, 0.5) is 5.69 Å². The van der Waals surface area contributed by atoms with Crippen molar-refractivity contribution in [1.29, 1.82) is 0 Å². The molecule has 0 unspecified atom stereocenters. The zero-order valence-electron chi connectivity index (χ0n) is 18.2. The maximum atomic E-state index is 13.0. The number of nitrogens with zero attached hydrogens (tertiary/aromatic N) is 5. The lowest BCUT2D eigenvalue weighted by atomic mass is 9.87. The number of pyridine rings is 1. The highest BCUT2D eigenvalue weighted by atomic mass is 32.1. The van der Waals surface area contributed by atoms with Gasteiger partial charge in [-0.25, -0.2) is 4.98 Å². The molecule has 5 heterocycles. The largest absolute Gasteiger partial charge is 0.467 e. The highest BCUT2D eigenvalue weighted by molar-refractivity contribution is 7.13. The summed E-state index contributed by atoms with van der Waals surface area (Å²) in [5.41, 5.74) is 3.33. The number of hydrogen-bond donors (Lipinski definition) is 2. The van der Waals surface area contributed by atoms with Crippen LogP contribution in [-0.4, -0.2) is 62.1 Å². The fourth-order valence-electron chi connectivity index (χ4n) is 3.71. The molecule has 0 spiro atoms. The summed E-state index contributed by atoms with van der Waals surface area (Å²) < 4.78 is 12.1. The normalized spacial score (nSPS) is 14.4. The molecule has 4 aromatic heterocycles. The number of anilines is 1. The van der Waals surface area contributed by atoms with Crippen LogP contribution in [0.25, 0.3) is 22.0 Å². The van der Waals surface area contributed by atoms with Gasteiger partial charge >= 0.3 is 0 Å². The van der Waals surface area contributed by atoms with E-state index in [9.17, 15) is 9.59 Å². The van der Waals surface area contributed by atoms with Crippen LogP contribution < -0.4 is 5.32 Å². The maximum Gasteiger partial charge on any atom is 0.293 e. The molecule has 4 aromatic rings. The van der Waals surface area contributed by atoms with Crippen molar-refractivity contribution < 1.29 is 19.1 Å². The lowest BCUT2D eigenvalue weighted by Gasteiger charge is -2.40. The minimum absolute atomic E-state index is 0.228. The predicted molar refractivity (Wildman–Crippen MR) is 123 cm³/mol. The lowest BCUT2D eigenvalue weighted by Crippen LogP contribution is -2.49. The molecular formula is C22H21N7O4S. The Balaban J connectivity index is 1.41. The van der Waals surface area contributed by atoms with Crippen LogP contribution in [0.3, 0.4) is 0 Å². The summed E-state index contributed by atoms with van der Waals surface area (Å²) in [4.78, 5) is 32.6. The Morgan fingerprint density at radius 3 is 2.97 bits per heavy atom. The van der Waals surface area contributed by atoms with E-state index in [0.29, 0.717) is 54.0 Å². The van der Waals surface area contributed by atoms with E-state index in [0.717, 1.165) is 11.3 Å². The van der Waals surface area contributed by atoms with Crippen molar-refractivity contribution in [3.05, 3.63) is 53.6 Å². The van der Waals surface area contributed by atoms with E-state index in [1.165, 1.54) is 11.3 Å². The fourth-order valence-corrected chi connectivity index (χ4v) is 4.57. The topological polar surface area (TPSA) is 137 Å². The van der Waals surface area contributed by atoms with Crippen molar-refractivity contribution in [2.45, 2.75) is 13.5 Å². The number of carbonyl (C=O) groups is 2. The molecule has 174 valence electrons. The first-order valence-electron chi connectivity index (χ1n) is 10.5. The van der Waals surface area contributed by atoms with Crippen LogP contribution in [0.5, 0.6) is 0 Å². The number of H-pyrrole nitrogens is 1. The highest BCUT2D eigenvalue weighted by Gasteiger charge is 2.40. The van der Waals surface area contributed by atoms with E-state index < -0.39 is 0 Å². The van der Waals surface area contributed by atoms with Gasteiger partial charge < -0.3 is 14.8 Å². The molecule has 5 rings (SSSR count). The molecule has 0 atom stereocenters. The van der Waals surface area contributed by atoms with Gasteiger partial charge in [-0.2, -0.15) is 10.2 Å². The molecule has 2 N–H and O–H groups in total. The van der Waals surface area contributed by atoms with Gasteiger partial charge in [-0.15, -0.1) is 11.3 Å². The summed E-state index contributed by atoms with van der Waals surface area (Å²) in [6.07, 6.45) is 5.10.